The Balaban J connectivity index is 2.10. The molecule has 82 valence electrons. The fourth-order valence-electron chi connectivity index (χ4n) is 3.53. The quantitative estimate of drug-likeness (QED) is 0.718. The third-order valence-corrected chi connectivity index (χ3v) is 4.60. The van der Waals surface area contributed by atoms with Crippen LogP contribution in [0.25, 0.3) is 0 Å². The van der Waals surface area contributed by atoms with Gasteiger partial charge in [0.25, 0.3) is 0 Å². The average molecular weight is 196 g/mol. The number of aliphatic hydroxyl groups is 1. The van der Waals surface area contributed by atoms with Gasteiger partial charge in [-0.3, -0.25) is 0 Å². The van der Waals surface area contributed by atoms with Crippen LogP contribution in [-0.4, -0.2) is 10.7 Å². The second-order valence-corrected chi connectivity index (χ2v) is 5.72. The molecule has 1 nitrogen and oxygen atoms in total. The molecule has 0 bridgehead atoms. The van der Waals surface area contributed by atoms with Crippen LogP contribution in [-0.2, 0) is 0 Å². The molecular weight excluding hydrogens is 172 g/mol. The first kappa shape index (κ1) is 10.5. The van der Waals surface area contributed by atoms with Gasteiger partial charge in [-0.15, -0.1) is 0 Å². The van der Waals surface area contributed by atoms with Crippen molar-refractivity contribution in [2.75, 3.05) is 0 Å². The summed E-state index contributed by atoms with van der Waals surface area (Å²) in [5.41, 5.74) is -0.287. The van der Waals surface area contributed by atoms with E-state index in [1.807, 2.05) is 0 Å². The van der Waals surface area contributed by atoms with Crippen LogP contribution in [0, 0.1) is 17.8 Å². The monoisotopic (exact) mass is 196 g/mol. The van der Waals surface area contributed by atoms with Gasteiger partial charge in [0.2, 0.25) is 0 Å². The highest BCUT2D eigenvalue weighted by Crippen LogP contribution is 2.49. The van der Waals surface area contributed by atoms with Crippen LogP contribution in [0.1, 0.15) is 58.8 Å². The van der Waals surface area contributed by atoms with E-state index < -0.39 is 0 Å². The van der Waals surface area contributed by atoms with Gasteiger partial charge in [-0.25, -0.2) is 0 Å². The summed E-state index contributed by atoms with van der Waals surface area (Å²) in [6.07, 6.45) is 8.80. The Morgan fingerprint density at radius 2 is 1.79 bits per heavy atom. The van der Waals surface area contributed by atoms with E-state index in [1.165, 1.54) is 38.5 Å². The number of hydrogen-bond donors (Lipinski definition) is 1. The summed E-state index contributed by atoms with van der Waals surface area (Å²) in [5.74, 6) is 1.86. The number of hydrogen-bond acceptors (Lipinski definition) is 1. The van der Waals surface area contributed by atoms with E-state index in [9.17, 15) is 5.11 Å². The van der Waals surface area contributed by atoms with E-state index in [1.54, 1.807) is 0 Å². The molecule has 0 heterocycles. The normalized spacial score (nSPS) is 39.9. The van der Waals surface area contributed by atoms with Gasteiger partial charge in [0.1, 0.15) is 0 Å². The van der Waals surface area contributed by atoms with E-state index in [2.05, 4.69) is 13.8 Å². The zero-order chi connectivity index (χ0) is 10.2. The van der Waals surface area contributed by atoms with Crippen LogP contribution in [0.2, 0.25) is 0 Å². The summed E-state index contributed by atoms with van der Waals surface area (Å²) < 4.78 is 0. The largest absolute Gasteiger partial charge is 0.389 e. The SMILES string of the molecule is CC(C)C1CCCCC1(O)C1CCC1. The van der Waals surface area contributed by atoms with Crippen LogP contribution >= 0.6 is 0 Å². The topological polar surface area (TPSA) is 20.2 Å². The van der Waals surface area contributed by atoms with E-state index in [0.717, 1.165) is 6.42 Å². The maximum atomic E-state index is 10.8. The lowest BCUT2D eigenvalue weighted by molar-refractivity contribution is -0.131. The predicted octanol–water partition coefficient (Wildman–Crippen LogP) is 3.36. The molecule has 1 heteroatoms. The average Bonchev–Trinajstić information content (AvgIpc) is 1.99. The molecule has 0 aromatic carbocycles. The summed E-state index contributed by atoms with van der Waals surface area (Å²) in [6.45, 7) is 4.55. The molecule has 0 aromatic heterocycles. The Kier molecular flexibility index (Phi) is 2.88. The van der Waals surface area contributed by atoms with Crippen molar-refractivity contribution in [3.8, 4) is 0 Å². The molecule has 0 amide bonds. The van der Waals surface area contributed by atoms with Gasteiger partial charge in [0.15, 0.2) is 0 Å². The van der Waals surface area contributed by atoms with Crippen LogP contribution in [0.3, 0.4) is 0 Å². The van der Waals surface area contributed by atoms with Crippen molar-refractivity contribution in [2.24, 2.45) is 17.8 Å². The van der Waals surface area contributed by atoms with Crippen LogP contribution in [0.5, 0.6) is 0 Å². The molecule has 2 aliphatic carbocycles. The predicted molar refractivity (Wildman–Crippen MR) is 59.1 cm³/mol. The minimum atomic E-state index is -0.287. The summed E-state index contributed by atoms with van der Waals surface area (Å²) in [4.78, 5) is 0. The molecule has 2 saturated carbocycles. The second-order valence-electron chi connectivity index (χ2n) is 5.72. The van der Waals surface area contributed by atoms with Crippen molar-refractivity contribution in [1.82, 2.24) is 0 Å². The van der Waals surface area contributed by atoms with Crippen molar-refractivity contribution in [3.05, 3.63) is 0 Å². The van der Waals surface area contributed by atoms with E-state index in [4.69, 9.17) is 0 Å². The minimum absolute atomic E-state index is 0.287. The van der Waals surface area contributed by atoms with E-state index in [-0.39, 0.29) is 5.60 Å². The Labute approximate surface area is 87.9 Å². The van der Waals surface area contributed by atoms with Gasteiger partial charge in [-0.05, 0) is 43.4 Å². The van der Waals surface area contributed by atoms with E-state index >= 15 is 0 Å². The van der Waals surface area contributed by atoms with Crippen molar-refractivity contribution < 1.29 is 5.11 Å². The van der Waals surface area contributed by atoms with Gasteiger partial charge in [-0.2, -0.15) is 0 Å². The molecule has 0 spiro atoms. The van der Waals surface area contributed by atoms with E-state index in [0.29, 0.717) is 17.8 Å². The summed E-state index contributed by atoms with van der Waals surface area (Å²) in [5, 5.41) is 10.8. The molecule has 2 rings (SSSR count). The lowest BCUT2D eigenvalue weighted by Crippen LogP contribution is -2.51. The Hall–Kier alpha value is -0.0400. The lowest BCUT2D eigenvalue weighted by atomic mass is 9.59. The molecule has 0 saturated heterocycles. The fraction of sp³-hybridized carbons (Fsp3) is 1.00. The minimum Gasteiger partial charge on any atom is -0.389 e. The molecule has 1 N–H and O–H groups in total. The fourth-order valence-corrected chi connectivity index (χ4v) is 3.53. The van der Waals surface area contributed by atoms with Crippen molar-refractivity contribution in [2.45, 2.75) is 64.4 Å². The molecule has 2 atom stereocenters. The smallest absolute Gasteiger partial charge is 0.0706 e. The Morgan fingerprint density at radius 3 is 2.29 bits per heavy atom. The number of rotatable bonds is 2. The highest BCUT2D eigenvalue weighted by Gasteiger charge is 2.47. The molecular formula is C13H24O. The molecule has 0 radical (unpaired) electrons. The summed E-state index contributed by atoms with van der Waals surface area (Å²) in [6, 6.07) is 0. The first-order valence-electron chi connectivity index (χ1n) is 6.37. The molecule has 2 aliphatic rings. The first-order chi connectivity index (χ1) is 6.64. The van der Waals surface area contributed by atoms with Crippen molar-refractivity contribution in [1.29, 1.82) is 0 Å². The van der Waals surface area contributed by atoms with Crippen molar-refractivity contribution in [3.63, 3.8) is 0 Å². The van der Waals surface area contributed by atoms with Gasteiger partial charge in [-0.1, -0.05) is 33.1 Å². The molecule has 14 heavy (non-hydrogen) atoms. The van der Waals surface area contributed by atoms with Gasteiger partial charge >= 0.3 is 0 Å². The van der Waals surface area contributed by atoms with Crippen LogP contribution < -0.4 is 0 Å². The second kappa shape index (κ2) is 3.84. The molecule has 2 fully saturated rings. The zero-order valence-corrected chi connectivity index (χ0v) is 9.63. The molecule has 0 aromatic rings. The van der Waals surface area contributed by atoms with Gasteiger partial charge in [0.05, 0.1) is 5.60 Å². The zero-order valence-electron chi connectivity index (χ0n) is 9.63. The highest BCUT2D eigenvalue weighted by molar-refractivity contribution is 4.98. The molecule has 2 unspecified atom stereocenters. The maximum Gasteiger partial charge on any atom is 0.0706 e. The van der Waals surface area contributed by atoms with Crippen LogP contribution in [0.15, 0.2) is 0 Å². The van der Waals surface area contributed by atoms with Crippen LogP contribution in [0.4, 0.5) is 0 Å². The first-order valence-corrected chi connectivity index (χ1v) is 6.37. The Bertz CT molecular complexity index is 195. The lowest BCUT2D eigenvalue weighted by Gasteiger charge is -2.50. The maximum absolute atomic E-state index is 10.8. The van der Waals surface area contributed by atoms with Gasteiger partial charge in [0, 0.05) is 0 Å². The summed E-state index contributed by atoms with van der Waals surface area (Å²) in [7, 11) is 0. The molecule has 0 aliphatic heterocycles. The van der Waals surface area contributed by atoms with Gasteiger partial charge < -0.3 is 5.11 Å². The summed E-state index contributed by atoms with van der Waals surface area (Å²) >= 11 is 0. The highest BCUT2D eigenvalue weighted by atomic mass is 16.3. The Morgan fingerprint density at radius 1 is 1.07 bits per heavy atom. The third-order valence-electron chi connectivity index (χ3n) is 4.60. The van der Waals surface area contributed by atoms with Crippen molar-refractivity contribution >= 4 is 0 Å². The third kappa shape index (κ3) is 1.60. The standard InChI is InChI=1S/C13H24O/c1-10(2)12-8-3-4-9-13(12,14)11-6-5-7-11/h10-12,14H,3-9H2,1-2H3.